The molecule has 3 aliphatic heterocycles. The molecule has 0 aliphatic carbocycles. The number of nitrogens with one attached hydrogen (secondary N) is 1. The molecule has 3 aliphatic rings. The third kappa shape index (κ3) is 4.28. The lowest BCUT2D eigenvalue weighted by atomic mass is 10.0. The summed E-state index contributed by atoms with van der Waals surface area (Å²) >= 11 is 0. The number of aliphatic imine (C=N–C) groups is 1. The summed E-state index contributed by atoms with van der Waals surface area (Å²) in [4.78, 5) is 19.6. The smallest absolute Gasteiger partial charge is 0.282 e. The van der Waals surface area contributed by atoms with Crippen LogP contribution in [-0.2, 0) is 25.0 Å². The number of sulfonamides is 1. The van der Waals surface area contributed by atoms with Crippen molar-refractivity contribution < 1.29 is 21.6 Å². The van der Waals surface area contributed by atoms with Gasteiger partial charge in [0.25, 0.3) is 20.2 Å². The van der Waals surface area contributed by atoms with Gasteiger partial charge in [-0.25, -0.2) is 8.42 Å². The molecule has 1 aromatic rings. The number of hydrogen-bond acceptors (Lipinski definition) is 6. The molecule has 12 heteroatoms. The third-order valence-corrected chi connectivity index (χ3v) is 9.52. The molecule has 4 rings (SSSR count). The zero-order chi connectivity index (χ0) is 23.1. The summed E-state index contributed by atoms with van der Waals surface area (Å²) in [7, 11) is -7.18. The minimum absolute atomic E-state index is 0.148. The van der Waals surface area contributed by atoms with E-state index in [1.54, 1.807) is 23.1 Å². The number of carbonyl (C=O) groups excluding carboxylic acids is 1. The Morgan fingerprint density at radius 3 is 2.22 bits per heavy atom. The molecule has 1 unspecified atom stereocenters. The van der Waals surface area contributed by atoms with Crippen molar-refractivity contribution in [3.8, 4) is 0 Å². The average molecular weight is 484 g/mol. The molecule has 0 radical (unpaired) electrons. The van der Waals surface area contributed by atoms with E-state index in [1.807, 2.05) is 13.8 Å². The molecule has 32 heavy (non-hydrogen) atoms. The number of rotatable bonds is 5. The van der Waals surface area contributed by atoms with Crippen LogP contribution in [0.4, 0.5) is 0 Å². The molecule has 176 valence electrons. The fourth-order valence-electron chi connectivity index (χ4n) is 4.27. The van der Waals surface area contributed by atoms with Crippen molar-refractivity contribution in [3.05, 3.63) is 29.8 Å². The predicted molar refractivity (Wildman–Crippen MR) is 120 cm³/mol. The Hall–Kier alpha value is -2.02. The number of hydrogen-bond donors (Lipinski definition) is 1. The minimum Gasteiger partial charge on any atom is -0.338 e. The first-order chi connectivity index (χ1) is 15.1. The first-order valence-corrected chi connectivity index (χ1v) is 13.7. The maximum absolute atomic E-state index is 13.3. The number of amides is 1. The van der Waals surface area contributed by atoms with Crippen LogP contribution < -0.4 is 4.72 Å². The van der Waals surface area contributed by atoms with Gasteiger partial charge in [0.05, 0.1) is 4.90 Å². The van der Waals surface area contributed by atoms with Gasteiger partial charge in [-0.15, -0.1) is 0 Å². The molecule has 0 saturated carbocycles. The van der Waals surface area contributed by atoms with Crippen LogP contribution in [0, 0.1) is 5.92 Å². The predicted octanol–water partition coefficient (Wildman–Crippen LogP) is 0.235. The number of nitrogens with zero attached hydrogens (tertiary/aromatic N) is 4. The lowest BCUT2D eigenvalue weighted by Crippen LogP contribution is -2.55. The molecule has 1 atom stereocenters. The van der Waals surface area contributed by atoms with Crippen LogP contribution in [0.15, 0.2) is 34.2 Å². The SMILES string of the molecule is CC(C)C(N=C1NS(=O)(=O)c2ccccc21)C(=O)N1CCN(S(=O)(=O)N2CCCC2)CC1. The summed E-state index contributed by atoms with van der Waals surface area (Å²) in [6.07, 6.45) is 1.75. The summed E-state index contributed by atoms with van der Waals surface area (Å²) in [6, 6.07) is 5.76. The first kappa shape index (κ1) is 23.1. The van der Waals surface area contributed by atoms with E-state index in [-0.39, 0.29) is 48.7 Å². The van der Waals surface area contributed by atoms with Crippen LogP contribution >= 0.6 is 0 Å². The molecule has 0 spiro atoms. The zero-order valence-electron chi connectivity index (χ0n) is 18.3. The highest BCUT2D eigenvalue weighted by molar-refractivity contribution is 7.90. The Morgan fingerprint density at radius 1 is 1.00 bits per heavy atom. The van der Waals surface area contributed by atoms with Gasteiger partial charge in [-0.2, -0.15) is 17.0 Å². The Labute approximate surface area is 189 Å². The Kier molecular flexibility index (Phi) is 6.31. The quantitative estimate of drug-likeness (QED) is 0.643. The number of carbonyl (C=O) groups is 1. The van der Waals surface area contributed by atoms with Crippen LogP contribution in [0.1, 0.15) is 32.3 Å². The van der Waals surface area contributed by atoms with Gasteiger partial charge in [-0.1, -0.05) is 26.0 Å². The summed E-state index contributed by atoms with van der Waals surface area (Å²) < 4.78 is 55.7. The highest BCUT2D eigenvalue weighted by Gasteiger charge is 2.37. The number of fused-ring (bicyclic) bond motifs is 1. The minimum atomic E-state index is -3.69. The number of benzene rings is 1. The lowest BCUT2D eigenvalue weighted by molar-refractivity contribution is -0.134. The number of amidine groups is 1. The van der Waals surface area contributed by atoms with E-state index in [0.717, 1.165) is 12.8 Å². The molecule has 2 fully saturated rings. The second-order valence-corrected chi connectivity index (χ2v) is 12.2. The van der Waals surface area contributed by atoms with Crippen LogP contribution in [0.2, 0.25) is 0 Å². The van der Waals surface area contributed by atoms with Gasteiger partial charge < -0.3 is 4.90 Å². The van der Waals surface area contributed by atoms with Gasteiger partial charge in [0.15, 0.2) is 0 Å². The fourth-order valence-corrected chi connectivity index (χ4v) is 7.18. The van der Waals surface area contributed by atoms with Crippen molar-refractivity contribution in [2.24, 2.45) is 10.9 Å². The van der Waals surface area contributed by atoms with Crippen LogP contribution in [-0.4, -0.2) is 87.4 Å². The monoisotopic (exact) mass is 483 g/mol. The normalized spacial score (nSPS) is 24.0. The lowest BCUT2D eigenvalue weighted by Gasteiger charge is -2.37. The summed E-state index contributed by atoms with van der Waals surface area (Å²) in [5.41, 5.74) is 0.451. The standard InChI is InChI=1S/C20H29N5O5S2/c1-15(2)18(21-19-16-7-3-4-8-17(16)31(27,28)22-19)20(26)23-11-13-25(14-12-23)32(29,30)24-9-5-6-10-24/h3-4,7-8,15,18H,5-6,9-14H2,1-2H3,(H,21,22). The van der Waals surface area contributed by atoms with Crippen molar-refractivity contribution in [3.63, 3.8) is 0 Å². The van der Waals surface area contributed by atoms with E-state index in [0.29, 0.717) is 18.7 Å². The molecule has 0 aromatic heterocycles. The first-order valence-electron chi connectivity index (χ1n) is 10.9. The topological polar surface area (TPSA) is 119 Å². The molecule has 10 nitrogen and oxygen atoms in total. The molecular formula is C20H29N5O5S2. The second kappa shape index (κ2) is 8.73. The zero-order valence-corrected chi connectivity index (χ0v) is 19.9. The molecule has 1 aromatic carbocycles. The highest BCUT2D eigenvalue weighted by atomic mass is 32.2. The third-order valence-electron chi connectivity index (χ3n) is 6.08. The summed E-state index contributed by atoms with van der Waals surface area (Å²) in [5.74, 6) is -0.226. The van der Waals surface area contributed by atoms with Gasteiger partial charge >= 0.3 is 0 Å². The van der Waals surface area contributed by atoms with E-state index < -0.39 is 26.3 Å². The Bertz CT molecular complexity index is 1120. The van der Waals surface area contributed by atoms with Crippen molar-refractivity contribution in [2.45, 2.75) is 37.6 Å². The van der Waals surface area contributed by atoms with Gasteiger partial charge in [0.2, 0.25) is 5.91 Å². The van der Waals surface area contributed by atoms with E-state index in [9.17, 15) is 21.6 Å². The average Bonchev–Trinajstić information content (AvgIpc) is 3.39. The van der Waals surface area contributed by atoms with Gasteiger partial charge in [-0.05, 0) is 30.9 Å². The van der Waals surface area contributed by atoms with Crippen molar-refractivity contribution in [1.82, 2.24) is 18.2 Å². The van der Waals surface area contributed by atoms with E-state index in [4.69, 9.17) is 0 Å². The van der Waals surface area contributed by atoms with E-state index in [2.05, 4.69) is 9.71 Å². The second-order valence-electron chi connectivity index (χ2n) is 8.61. The summed E-state index contributed by atoms with van der Waals surface area (Å²) in [5, 5.41) is 0. The van der Waals surface area contributed by atoms with E-state index in [1.165, 1.54) is 14.7 Å². The fraction of sp³-hybridized carbons (Fsp3) is 0.600. The maximum atomic E-state index is 13.3. The van der Waals surface area contributed by atoms with Crippen LogP contribution in [0.25, 0.3) is 0 Å². The van der Waals surface area contributed by atoms with Crippen LogP contribution in [0.5, 0.6) is 0 Å². The van der Waals surface area contributed by atoms with Crippen molar-refractivity contribution in [1.29, 1.82) is 0 Å². The largest absolute Gasteiger partial charge is 0.338 e. The molecule has 0 bridgehead atoms. The Balaban J connectivity index is 1.49. The van der Waals surface area contributed by atoms with E-state index >= 15 is 0 Å². The maximum Gasteiger partial charge on any atom is 0.282 e. The van der Waals surface area contributed by atoms with Gasteiger partial charge in [-0.3, -0.25) is 14.5 Å². The molecular weight excluding hydrogens is 454 g/mol. The molecule has 1 amide bonds. The van der Waals surface area contributed by atoms with Gasteiger partial charge in [0.1, 0.15) is 11.9 Å². The molecule has 1 N–H and O–H groups in total. The van der Waals surface area contributed by atoms with Crippen molar-refractivity contribution in [2.75, 3.05) is 39.3 Å². The highest BCUT2D eigenvalue weighted by Crippen LogP contribution is 2.24. The van der Waals surface area contributed by atoms with Crippen LogP contribution in [0.3, 0.4) is 0 Å². The van der Waals surface area contributed by atoms with Crippen molar-refractivity contribution >= 4 is 32.0 Å². The molecule has 3 heterocycles. The molecule has 2 saturated heterocycles. The number of piperazine rings is 1. The summed E-state index contributed by atoms with van der Waals surface area (Å²) in [6.45, 7) is 5.84. The Morgan fingerprint density at radius 2 is 1.59 bits per heavy atom. The van der Waals surface area contributed by atoms with Gasteiger partial charge in [0, 0.05) is 44.8 Å².